The molecule has 0 spiro atoms. The first-order valence-corrected chi connectivity index (χ1v) is 7.60. The summed E-state index contributed by atoms with van der Waals surface area (Å²) in [6, 6.07) is 0.125. The second-order valence-corrected chi connectivity index (χ2v) is 6.47. The number of hydrogen-bond acceptors (Lipinski definition) is 5. The molecule has 0 saturated heterocycles. The maximum absolute atomic E-state index is 13.6. The van der Waals surface area contributed by atoms with Crippen LogP contribution in [0.15, 0.2) is 6.07 Å². The number of urea groups is 1. The van der Waals surface area contributed by atoms with Crippen LogP contribution >= 0.6 is 0 Å². The highest BCUT2D eigenvalue weighted by atomic mass is 19.3. The van der Waals surface area contributed by atoms with Crippen molar-refractivity contribution in [2.75, 3.05) is 5.32 Å². The first-order chi connectivity index (χ1) is 11.4. The van der Waals surface area contributed by atoms with Crippen LogP contribution < -0.4 is 10.6 Å². The molecule has 8 nitrogen and oxygen atoms in total. The highest BCUT2D eigenvalue weighted by Crippen LogP contribution is 2.33. The van der Waals surface area contributed by atoms with Crippen LogP contribution in [0.3, 0.4) is 0 Å². The Morgan fingerprint density at radius 2 is 2.04 bits per heavy atom. The van der Waals surface area contributed by atoms with Crippen molar-refractivity contribution in [3.8, 4) is 0 Å². The predicted octanol–water partition coefficient (Wildman–Crippen LogP) is 1.84. The molecule has 0 saturated carbocycles. The average molecular weight is 357 g/mol. The number of nitrogens with one attached hydrogen (secondary N) is 3. The number of H-pyrrole nitrogens is 1. The first kappa shape index (κ1) is 19.0. The summed E-state index contributed by atoms with van der Waals surface area (Å²) in [6.45, 7) is 4.82. The molecule has 0 fully saturated rings. The standard InChI is InChI=1S/C15H21F2N5O3/c1-7(14(2,3)25)18-13(24)20-10-5-8-11(9(6-23)19-10)12(22-21-8)15(4,16)17/h5,7,23,25H,6H2,1-4H3,(H,21,22)(H2,18,19,20,24)/t7-/m0/s1. The van der Waals surface area contributed by atoms with Gasteiger partial charge in [-0.1, -0.05) is 0 Å². The van der Waals surface area contributed by atoms with Crippen LogP contribution in [-0.4, -0.2) is 43.1 Å². The number of alkyl halides is 2. The van der Waals surface area contributed by atoms with Gasteiger partial charge in [-0.3, -0.25) is 10.4 Å². The maximum Gasteiger partial charge on any atom is 0.320 e. The number of hydrogen-bond donors (Lipinski definition) is 5. The number of anilines is 1. The van der Waals surface area contributed by atoms with Crippen LogP contribution in [0.1, 0.15) is 39.1 Å². The molecular formula is C15H21F2N5O3. The third-order valence-corrected chi connectivity index (χ3v) is 3.85. The monoisotopic (exact) mass is 357 g/mol. The van der Waals surface area contributed by atoms with Gasteiger partial charge in [0, 0.05) is 13.0 Å². The van der Waals surface area contributed by atoms with Gasteiger partial charge in [-0.15, -0.1) is 0 Å². The largest absolute Gasteiger partial charge is 0.390 e. The Labute approximate surface area is 142 Å². The summed E-state index contributed by atoms with van der Waals surface area (Å²) < 4.78 is 27.2. The molecule has 5 N–H and O–H groups in total. The quantitative estimate of drug-likeness (QED) is 0.559. The molecule has 2 rings (SSSR count). The van der Waals surface area contributed by atoms with E-state index < -0.39 is 35.9 Å². The molecular weight excluding hydrogens is 336 g/mol. The highest BCUT2D eigenvalue weighted by Gasteiger charge is 2.31. The van der Waals surface area contributed by atoms with E-state index in [0.717, 1.165) is 0 Å². The van der Waals surface area contributed by atoms with Crippen LogP contribution in [-0.2, 0) is 12.5 Å². The van der Waals surface area contributed by atoms with E-state index in [0.29, 0.717) is 6.92 Å². The number of aromatic nitrogens is 3. The summed E-state index contributed by atoms with van der Waals surface area (Å²) in [4.78, 5) is 16.0. The van der Waals surface area contributed by atoms with Crippen molar-refractivity contribution in [3.05, 3.63) is 17.5 Å². The van der Waals surface area contributed by atoms with Gasteiger partial charge in [0.2, 0.25) is 0 Å². The van der Waals surface area contributed by atoms with E-state index in [1.807, 2.05) is 0 Å². The Morgan fingerprint density at radius 3 is 2.56 bits per heavy atom. The summed E-state index contributed by atoms with van der Waals surface area (Å²) in [5.74, 6) is -3.15. The van der Waals surface area contributed by atoms with Gasteiger partial charge < -0.3 is 15.5 Å². The average Bonchev–Trinajstić information content (AvgIpc) is 2.89. The molecule has 138 valence electrons. The van der Waals surface area contributed by atoms with Crippen LogP contribution in [0.25, 0.3) is 10.9 Å². The molecule has 2 heterocycles. The van der Waals surface area contributed by atoms with Crippen LogP contribution in [0.2, 0.25) is 0 Å². The number of aromatic amines is 1. The van der Waals surface area contributed by atoms with E-state index in [2.05, 4.69) is 25.8 Å². The Hall–Kier alpha value is -2.33. The second kappa shape index (κ2) is 6.52. The number of aliphatic hydroxyl groups is 2. The normalized spacial score (nSPS) is 13.8. The van der Waals surface area contributed by atoms with Crippen molar-refractivity contribution < 1.29 is 23.8 Å². The lowest BCUT2D eigenvalue weighted by Gasteiger charge is -2.26. The van der Waals surface area contributed by atoms with Crippen molar-refractivity contribution in [1.82, 2.24) is 20.5 Å². The SMILES string of the molecule is C[C@H](NC(=O)Nc1cc2n[nH]c(C(C)(F)F)c2c(CO)n1)C(C)(C)O. The lowest BCUT2D eigenvalue weighted by molar-refractivity contribution is 0.0141. The minimum atomic E-state index is -3.19. The fourth-order valence-electron chi connectivity index (χ4n) is 2.14. The zero-order chi connectivity index (χ0) is 19.0. The first-order valence-electron chi connectivity index (χ1n) is 7.60. The molecule has 25 heavy (non-hydrogen) atoms. The molecule has 0 radical (unpaired) electrons. The Balaban J connectivity index is 2.31. The number of carbonyl (C=O) groups excluding carboxylic acids is 1. The van der Waals surface area contributed by atoms with E-state index in [-0.39, 0.29) is 22.4 Å². The smallest absolute Gasteiger partial charge is 0.320 e. The van der Waals surface area contributed by atoms with Crippen molar-refractivity contribution >= 4 is 22.8 Å². The van der Waals surface area contributed by atoms with Crippen molar-refractivity contribution in [1.29, 1.82) is 0 Å². The fourth-order valence-corrected chi connectivity index (χ4v) is 2.14. The van der Waals surface area contributed by atoms with E-state index in [1.165, 1.54) is 6.07 Å². The van der Waals surface area contributed by atoms with Gasteiger partial charge in [0.05, 0.1) is 34.8 Å². The van der Waals surface area contributed by atoms with Gasteiger partial charge in [-0.05, 0) is 20.8 Å². The van der Waals surface area contributed by atoms with Crippen molar-refractivity contribution in [3.63, 3.8) is 0 Å². The van der Waals surface area contributed by atoms with E-state index >= 15 is 0 Å². The molecule has 0 aliphatic rings. The summed E-state index contributed by atoms with van der Waals surface area (Å²) in [5.41, 5.74) is -1.48. The molecule has 2 amide bonds. The number of aliphatic hydroxyl groups excluding tert-OH is 1. The Kier molecular flexibility index (Phi) is 4.96. The van der Waals surface area contributed by atoms with Crippen LogP contribution in [0.5, 0.6) is 0 Å². The third kappa shape index (κ3) is 4.20. The Morgan fingerprint density at radius 1 is 1.40 bits per heavy atom. The van der Waals surface area contributed by atoms with Crippen molar-refractivity contribution in [2.45, 2.75) is 51.9 Å². The zero-order valence-corrected chi connectivity index (χ0v) is 14.3. The van der Waals surface area contributed by atoms with Gasteiger partial charge in [-0.25, -0.2) is 9.78 Å². The Bertz CT molecular complexity index is 780. The lowest BCUT2D eigenvalue weighted by Crippen LogP contribution is -2.48. The van der Waals surface area contributed by atoms with Gasteiger partial charge in [0.25, 0.3) is 5.92 Å². The molecule has 10 heteroatoms. The number of carbonyl (C=O) groups is 1. The molecule has 0 unspecified atom stereocenters. The van der Waals surface area contributed by atoms with Gasteiger partial charge in [0.15, 0.2) is 0 Å². The van der Waals surface area contributed by atoms with Gasteiger partial charge in [0.1, 0.15) is 11.5 Å². The molecule has 0 aromatic carbocycles. The van der Waals surface area contributed by atoms with E-state index in [9.17, 15) is 23.8 Å². The second-order valence-electron chi connectivity index (χ2n) is 6.47. The number of fused-ring (bicyclic) bond motifs is 1. The molecule has 0 aliphatic carbocycles. The summed E-state index contributed by atoms with van der Waals surface area (Å²) in [5, 5.41) is 30.3. The molecule has 0 bridgehead atoms. The summed E-state index contributed by atoms with van der Waals surface area (Å²) in [7, 11) is 0. The number of nitrogens with zero attached hydrogens (tertiary/aromatic N) is 2. The topological polar surface area (TPSA) is 123 Å². The summed E-state index contributed by atoms with van der Waals surface area (Å²) in [6.07, 6.45) is 0. The highest BCUT2D eigenvalue weighted by molar-refractivity contribution is 5.92. The minimum absolute atomic E-state index is 0.0193. The third-order valence-electron chi connectivity index (χ3n) is 3.85. The fraction of sp³-hybridized carbons (Fsp3) is 0.533. The lowest BCUT2D eigenvalue weighted by atomic mass is 10.0. The number of amides is 2. The number of pyridine rings is 1. The predicted molar refractivity (Wildman–Crippen MR) is 87.3 cm³/mol. The van der Waals surface area contributed by atoms with E-state index in [1.54, 1.807) is 20.8 Å². The van der Waals surface area contributed by atoms with Crippen LogP contribution in [0, 0.1) is 0 Å². The molecule has 2 aromatic heterocycles. The number of halogens is 2. The summed E-state index contributed by atoms with van der Waals surface area (Å²) >= 11 is 0. The molecule has 2 aromatic rings. The number of rotatable bonds is 5. The van der Waals surface area contributed by atoms with Gasteiger partial charge >= 0.3 is 6.03 Å². The minimum Gasteiger partial charge on any atom is -0.390 e. The zero-order valence-electron chi connectivity index (χ0n) is 14.3. The molecule has 0 aliphatic heterocycles. The van der Waals surface area contributed by atoms with Gasteiger partial charge in [-0.2, -0.15) is 13.9 Å². The molecule has 1 atom stereocenters. The van der Waals surface area contributed by atoms with E-state index in [4.69, 9.17) is 0 Å². The van der Waals surface area contributed by atoms with Crippen LogP contribution in [0.4, 0.5) is 19.4 Å². The maximum atomic E-state index is 13.6. The van der Waals surface area contributed by atoms with Crippen molar-refractivity contribution in [2.24, 2.45) is 0 Å².